The van der Waals surface area contributed by atoms with Gasteiger partial charge in [0, 0.05) is 37.6 Å². The Labute approximate surface area is 440 Å². The highest BCUT2D eigenvalue weighted by Gasteiger charge is 2.32. The van der Waals surface area contributed by atoms with E-state index in [9.17, 15) is 30.2 Å². The predicted octanol–water partition coefficient (Wildman–Crippen LogP) is 15.0. The van der Waals surface area contributed by atoms with Gasteiger partial charge in [-0.15, -0.1) is 0 Å². The van der Waals surface area contributed by atoms with Gasteiger partial charge in [0.25, 0.3) is 0 Å². The number of unbranched alkanes of at least 4 members (excludes halogenated alkanes) is 8. The minimum Gasteiger partial charge on any atom is -0.461 e. The third kappa shape index (κ3) is 26.6. The number of carbonyl (C=O) groups is 3. The minimum atomic E-state index is -1.36. The summed E-state index contributed by atoms with van der Waals surface area (Å²) in [4.78, 5) is 44.6. The summed E-state index contributed by atoms with van der Waals surface area (Å²) in [6, 6.07) is 28.2. The average molecular weight is 998 g/mol. The van der Waals surface area contributed by atoms with Crippen molar-refractivity contribution in [3.05, 3.63) is 112 Å². The Morgan fingerprint density at radius 3 is 0.904 bits per heavy atom. The number of benzene rings is 3. The number of nitriles is 3. The minimum absolute atomic E-state index is 0.264. The Morgan fingerprint density at radius 2 is 0.685 bits per heavy atom. The molecule has 0 bridgehead atoms. The van der Waals surface area contributed by atoms with Crippen molar-refractivity contribution in [3.63, 3.8) is 0 Å². The van der Waals surface area contributed by atoms with E-state index in [1.54, 1.807) is 19.1 Å². The van der Waals surface area contributed by atoms with Gasteiger partial charge in [-0.05, 0) is 98.7 Å². The summed E-state index contributed by atoms with van der Waals surface area (Å²) >= 11 is 0. The second-order valence-corrected chi connectivity index (χ2v) is 18.7. The van der Waals surface area contributed by atoms with E-state index in [0.717, 1.165) is 94.5 Å². The van der Waals surface area contributed by atoms with E-state index in [1.165, 1.54) is 56.8 Å². The quantitative estimate of drug-likeness (QED) is 0.0271. The third-order valence-corrected chi connectivity index (χ3v) is 11.7. The number of ether oxygens (including phenoxy) is 3. The zero-order valence-corrected chi connectivity index (χ0v) is 46.2. The summed E-state index contributed by atoms with van der Waals surface area (Å²) in [5.41, 5.74) is 2.84. The van der Waals surface area contributed by atoms with E-state index in [0.29, 0.717) is 16.7 Å². The maximum atomic E-state index is 13.4. The van der Waals surface area contributed by atoms with E-state index >= 15 is 0 Å². The second-order valence-electron chi connectivity index (χ2n) is 18.7. The number of carbonyl (C=O) groups excluding carboxylic acids is 3. The van der Waals surface area contributed by atoms with Gasteiger partial charge in [0.15, 0.2) is 0 Å². The summed E-state index contributed by atoms with van der Waals surface area (Å²) < 4.78 is 16.8. The first-order valence-electron chi connectivity index (χ1n) is 26.9. The van der Waals surface area contributed by atoms with E-state index in [2.05, 4.69) is 65.2 Å². The highest BCUT2D eigenvalue weighted by atomic mass is 16.6. The molecular formula is C62H87N5O6. The highest BCUT2D eigenvalue weighted by Crippen LogP contribution is 2.24. The maximum absolute atomic E-state index is 13.4. The fourth-order valence-corrected chi connectivity index (χ4v) is 7.06. The lowest BCUT2D eigenvalue weighted by atomic mass is 9.94. The smallest absolute Gasteiger partial charge is 0.348 e. The largest absolute Gasteiger partial charge is 0.461 e. The molecule has 0 unspecified atom stereocenters. The molecule has 0 radical (unpaired) electrons. The number of rotatable bonds is 30. The Morgan fingerprint density at radius 1 is 0.438 bits per heavy atom. The molecule has 0 spiro atoms. The third-order valence-electron chi connectivity index (χ3n) is 11.7. The van der Waals surface area contributed by atoms with Crippen molar-refractivity contribution in [2.45, 2.75) is 159 Å². The fraction of sp³-hybridized carbons (Fsp3) is 0.516. The number of nitrogens with zero attached hydrogens (tertiary/aromatic N) is 5. The molecule has 73 heavy (non-hydrogen) atoms. The van der Waals surface area contributed by atoms with Crippen molar-refractivity contribution >= 4 is 47.5 Å². The van der Waals surface area contributed by atoms with Crippen LogP contribution in [0.4, 0.5) is 11.4 Å². The van der Waals surface area contributed by atoms with Gasteiger partial charge >= 0.3 is 17.9 Å². The highest BCUT2D eigenvalue weighted by molar-refractivity contribution is 5.99. The number of hydrogen-bond acceptors (Lipinski definition) is 11. The molecule has 3 aromatic rings. The predicted molar refractivity (Wildman–Crippen MR) is 300 cm³/mol. The monoisotopic (exact) mass is 998 g/mol. The molecule has 0 saturated heterocycles. The van der Waals surface area contributed by atoms with Gasteiger partial charge < -0.3 is 24.0 Å². The zero-order valence-electron chi connectivity index (χ0n) is 46.2. The molecule has 0 aliphatic rings. The number of anilines is 2. The van der Waals surface area contributed by atoms with E-state index in [4.69, 9.17) is 14.2 Å². The van der Waals surface area contributed by atoms with E-state index < -0.39 is 43.1 Å². The summed E-state index contributed by atoms with van der Waals surface area (Å²) in [6.07, 6.45) is 21.0. The van der Waals surface area contributed by atoms with Crippen LogP contribution in [0, 0.1) is 46.3 Å². The molecule has 11 heteroatoms. The zero-order chi connectivity index (χ0) is 54.3. The summed E-state index contributed by atoms with van der Waals surface area (Å²) in [6.45, 7) is 23.4. The number of aryl methyl sites for hydroxylation is 1. The molecule has 0 aromatic heterocycles. The number of hydrogen-bond donors (Lipinski definition) is 0. The summed E-state index contributed by atoms with van der Waals surface area (Å²) in [5.74, 6) is -2.80. The van der Waals surface area contributed by atoms with Crippen molar-refractivity contribution in [1.29, 1.82) is 15.8 Å². The first kappa shape index (κ1) is 64.4. The SMILES string of the molecule is CCCCC.CCCCC.CCCCN(CCCC)c1ccc(/C=C(\C#N)C(=O)OCC(C)(COC(=O)/C(C#N)=C/c2ccc(C)cc2)COC(=O)/C(C#N)=C/c2ccc(N(CCCC)CCCC)cc2)cc1. The van der Waals surface area contributed by atoms with Crippen LogP contribution in [0.25, 0.3) is 18.2 Å². The molecule has 0 fully saturated rings. The molecule has 0 amide bonds. The van der Waals surface area contributed by atoms with Crippen LogP contribution in [-0.4, -0.2) is 63.9 Å². The molecule has 0 heterocycles. The van der Waals surface area contributed by atoms with Crippen LogP contribution in [0.3, 0.4) is 0 Å². The molecule has 3 aromatic carbocycles. The van der Waals surface area contributed by atoms with Crippen LogP contribution in [0.2, 0.25) is 0 Å². The first-order chi connectivity index (χ1) is 35.2. The van der Waals surface area contributed by atoms with Gasteiger partial charge in [-0.25, -0.2) is 14.4 Å². The van der Waals surface area contributed by atoms with E-state index in [-0.39, 0.29) is 16.7 Å². The molecule has 0 N–H and O–H groups in total. The van der Waals surface area contributed by atoms with Crippen LogP contribution in [0.5, 0.6) is 0 Å². The lowest BCUT2D eigenvalue weighted by Gasteiger charge is -2.28. The fourth-order valence-electron chi connectivity index (χ4n) is 7.06. The molecule has 0 aliphatic heterocycles. The van der Waals surface area contributed by atoms with Gasteiger partial charge in [0.1, 0.15) is 54.7 Å². The molecule has 0 aliphatic carbocycles. The normalized spacial score (nSPS) is 12.0. The van der Waals surface area contributed by atoms with Gasteiger partial charge in [-0.2, -0.15) is 15.8 Å². The first-order valence-corrected chi connectivity index (χ1v) is 26.9. The Hall–Kier alpha value is -6.64. The van der Waals surface area contributed by atoms with Crippen LogP contribution >= 0.6 is 0 Å². The van der Waals surface area contributed by atoms with Crippen molar-refractivity contribution in [2.24, 2.45) is 5.41 Å². The van der Waals surface area contributed by atoms with Crippen LogP contribution in [-0.2, 0) is 28.6 Å². The Bertz CT molecular complexity index is 2130. The summed E-state index contributed by atoms with van der Waals surface area (Å²) in [5, 5.41) is 29.8. The Kier molecular flexibility index (Phi) is 34.4. The van der Waals surface area contributed by atoms with Gasteiger partial charge in [0.05, 0.1) is 5.41 Å². The van der Waals surface area contributed by atoms with Crippen LogP contribution < -0.4 is 9.80 Å². The molecular weight excluding hydrogens is 911 g/mol. The molecule has 396 valence electrons. The molecule has 0 saturated carbocycles. The lowest BCUT2D eigenvalue weighted by molar-refractivity contribution is -0.155. The van der Waals surface area contributed by atoms with Gasteiger partial charge in [0.2, 0.25) is 0 Å². The van der Waals surface area contributed by atoms with Crippen LogP contribution in [0.1, 0.15) is 174 Å². The maximum Gasteiger partial charge on any atom is 0.348 e. The number of esters is 3. The second kappa shape index (κ2) is 39.0. The van der Waals surface area contributed by atoms with Crippen molar-refractivity contribution < 1.29 is 28.6 Å². The van der Waals surface area contributed by atoms with Crippen molar-refractivity contribution in [3.8, 4) is 18.2 Å². The average Bonchev–Trinajstić information content (AvgIpc) is 3.41. The lowest BCUT2D eigenvalue weighted by Crippen LogP contribution is -2.37. The van der Waals surface area contributed by atoms with Crippen molar-refractivity contribution in [1.82, 2.24) is 0 Å². The Balaban J connectivity index is 0.00000242. The summed E-state index contributed by atoms with van der Waals surface area (Å²) in [7, 11) is 0. The molecule has 0 atom stereocenters. The van der Waals surface area contributed by atoms with Gasteiger partial charge in [-0.3, -0.25) is 0 Å². The van der Waals surface area contributed by atoms with Crippen molar-refractivity contribution in [2.75, 3.05) is 55.8 Å². The van der Waals surface area contributed by atoms with Gasteiger partial charge in [-0.1, -0.05) is 174 Å². The van der Waals surface area contributed by atoms with E-state index in [1.807, 2.05) is 85.8 Å². The topological polar surface area (TPSA) is 157 Å². The standard InChI is InChI=1S/C52H63N5O6.2C5H12/c1-7-11-27-56(28-12-8-2)47-23-19-42(20-24-47)32-45(35-54)50(59)62-38-52(6,37-61-49(58)44(34-53)31-41-17-15-40(5)16-18-41)39-63-51(60)46(36-55)33-43-21-25-48(26-22-43)57(29-13-9-3)30-14-10-4;2*1-3-5-4-2/h15-26,31-33H,7-14,27-30,37-39H2,1-6H3;2*3-5H2,1-2H3/b44-31+,45-32+,46-33+;;. The van der Waals surface area contributed by atoms with Crippen LogP contribution in [0.15, 0.2) is 89.5 Å². The molecule has 3 rings (SSSR count). The molecule has 11 nitrogen and oxygen atoms in total.